The molecule has 0 aliphatic carbocycles. The highest BCUT2D eigenvalue weighted by atomic mass is 16.8. The Kier molecular flexibility index (Phi) is 31.0. The van der Waals surface area contributed by atoms with E-state index in [2.05, 4.69) is 10.6 Å². The van der Waals surface area contributed by atoms with E-state index in [4.69, 9.17) is 80.5 Å². The lowest BCUT2D eigenvalue weighted by molar-refractivity contribution is -0.408. The number of carbonyl (C=O) groups is 2. The molecule has 0 aromatic heterocycles. The zero-order valence-electron chi connectivity index (χ0n) is 55.9. The minimum absolute atomic E-state index is 0.342. The Balaban J connectivity index is 1.06. The van der Waals surface area contributed by atoms with Crippen LogP contribution in [0.5, 0.6) is 0 Å². The Morgan fingerprint density at radius 1 is 0.276 bits per heavy atom. The fraction of sp³-hybridized carbons (Fsp3) is 0.966. The van der Waals surface area contributed by atoms with Crippen molar-refractivity contribution in [1.82, 2.24) is 10.6 Å². The van der Waals surface area contributed by atoms with Crippen LogP contribution in [0.15, 0.2) is 0 Å². The largest absolute Gasteiger partial charge is 0.394 e. The van der Waals surface area contributed by atoms with Crippen LogP contribution in [-0.4, -0.2) is 481 Å². The van der Waals surface area contributed by atoms with Gasteiger partial charge in [-0.3, -0.25) is 9.59 Å². The zero-order valence-corrected chi connectivity index (χ0v) is 55.9. The van der Waals surface area contributed by atoms with Crippen LogP contribution in [0.1, 0.15) is 13.8 Å². The lowest BCUT2D eigenvalue weighted by Crippen LogP contribution is -2.70. The Labute approximate surface area is 593 Å². The molecule has 610 valence electrons. The van der Waals surface area contributed by atoms with Crippen LogP contribution in [0.25, 0.3) is 0 Å². The molecule has 9 aliphatic rings. The van der Waals surface area contributed by atoms with Gasteiger partial charge in [-0.25, -0.2) is 0 Å². The second-order valence-corrected chi connectivity index (χ2v) is 26.6. The van der Waals surface area contributed by atoms with Gasteiger partial charge in [-0.2, -0.15) is 0 Å². The summed E-state index contributed by atoms with van der Waals surface area (Å²) in [4.78, 5) is 25.0. The molecule has 0 spiro atoms. The summed E-state index contributed by atoms with van der Waals surface area (Å²) in [6.07, 6.45) is -87.5. The minimum Gasteiger partial charge on any atom is -0.394 e. The van der Waals surface area contributed by atoms with Gasteiger partial charge in [0.15, 0.2) is 50.3 Å². The van der Waals surface area contributed by atoms with E-state index in [-0.39, 0.29) is 6.61 Å². The summed E-state index contributed by atoms with van der Waals surface area (Å²) in [5.41, 5.74) is 0. The van der Waals surface area contributed by atoms with Crippen LogP contribution < -0.4 is 10.6 Å². The van der Waals surface area contributed by atoms with E-state index in [0.717, 1.165) is 13.8 Å². The van der Waals surface area contributed by atoms with E-state index in [9.17, 15) is 142 Å². The SMILES string of the molecule is CC(=O)N[C@H]1[C@H](O[C@H]2[C@H](O)[C@@H](NC(C)=O)CO[C@@H]2CO)O[C@H](CO)[C@@H](O[C@@H]2O[C@H](CO[C@H]3O[C@H](CO[C@H]4O[C@H](CO)[C@@H](O)[C@H](O)[C@@H]4O)[C@@H](O)[C@H](O[C@H]4O[C@H](CO)[C@@H](O)[C@H](O)[C@@H]4O)[C@@H]3O)[C@@H](O)[C@H](O[C@H]3O[C@H](CO)[C@@H](O)[C@H](O)[C@@H]3O[C@H]3O[C@H](CO)[C@@H](O)[C@H](O)[C@@H]3O[C@H]3O[C@H](CO)[C@@H](O)[C@H](O)[C@@H]3O)[C@@H]2O)[C@@H]1O. The van der Waals surface area contributed by atoms with Gasteiger partial charge in [0.05, 0.1) is 72.1 Å². The summed E-state index contributed by atoms with van der Waals surface area (Å²) in [5.74, 6) is -1.53. The van der Waals surface area contributed by atoms with E-state index in [0.29, 0.717) is 0 Å². The molecule has 9 fully saturated rings. The van der Waals surface area contributed by atoms with Gasteiger partial charge in [-0.05, 0) is 0 Å². The molecule has 0 saturated carbocycles. The minimum atomic E-state index is -2.56. The molecule has 47 heteroatoms. The number of amides is 2. The lowest BCUT2D eigenvalue weighted by atomic mass is 9.94. The van der Waals surface area contributed by atoms with Crippen molar-refractivity contribution in [3.8, 4) is 0 Å². The van der Waals surface area contributed by atoms with Crippen LogP contribution in [-0.2, 0) is 90.1 Å². The molecule has 9 rings (SSSR count). The zero-order chi connectivity index (χ0) is 77.1. The smallest absolute Gasteiger partial charge is 0.217 e. The fourth-order valence-corrected chi connectivity index (χ4v) is 13.5. The van der Waals surface area contributed by atoms with Crippen molar-refractivity contribution in [3.05, 3.63) is 0 Å². The summed E-state index contributed by atoms with van der Waals surface area (Å²) in [6.45, 7) is -7.66. The fourth-order valence-electron chi connectivity index (χ4n) is 13.5. The molecule has 0 unspecified atom stereocenters. The van der Waals surface area contributed by atoms with Crippen molar-refractivity contribution in [2.45, 2.75) is 284 Å². The molecule has 9 heterocycles. The summed E-state index contributed by atoms with van der Waals surface area (Å²) < 4.78 is 99.4. The predicted octanol–water partition coefficient (Wildman–Crippen LogP) is -19.7. The number of aliphatic hydroxyl groups is 26. The molecule has 0 bridgehead atoms. The molecule has 2 amide bonds. The molecular formula is C58H98N2O45. The molecule has 28 N–H and O–H groups in total. The van der Waals surface area contributed by atoms with E-state index in [1.165, 1.54) is 0 Å². The Bertz CT molecular complexity index is 2670. The molecule has 0 aromatic carbocycles. The van der Waals surface area contributed by atoms with Gasteiger partial charge in [0.2, 0.25) is 11.8 Å². The molecule has 44 atom stereocenters. The monoisotopic (exact) mass is 1540 g/mol. The average molecular weight is 1540 g/mol. The molecule has 9 saturated heterocycles. The first-order chi connectivity index (χ1) is 49.8. The van der Waals surface area contributed by atoms with Gasteiger partial charge in [0, 0.05) is 13.8 Å². The molecule has 0 aromatic rings. The maximum atomic E-state index is 12.9. The van der Waals surface area contributed by atoms with Crippen molar-refractivity contribution >= 4 is 11.8 Å². The van der Waals surface area contributed by atoms with Crippen molar-refractivity contribution in [2.24, 2.45) is 0 Å². The lowest BCUT2D eigenvalue weighted by Gasteiger charge is -2.51. The van der Waals surface area contributed by atoms with Crippen LogP contribution in [0.2, 0.25) is 0 Å². The van der Waals surface area contributed by atoms with Gasteiger partial charge in [0.1, 0.15) is 214 Å². The molecular weight excluding hydrogens is 1440 g/mol. The van der Waals surface area contributed by atoms with Gasteiger partial charge < -0.3 is 224 Å². The first kappa shape index (κ1) is 86.2. The predicted molar refractivity (Wildman–Crippen MR) is 319 cm³/mol. The third-order valence-corrected chi connectivity index (χ3v) is 19.5. The summed E-state index contributed by atoms with van der Waals surface area (Å²) >= 11 is 0. The highest BCUT2D eigenvalue weighted by Gasteiger charge is 2.60. The molecule has 9 aliphatic heterocycles. The quantitative estimate of drug-likeness (QED) is 0.0363. The Hall–Kier alpha value is -2.78. The van der Waals surface area contributed by atoms with Gasteiger partial charge in [0.25, 0.3) is 0 Å². The van der Waals surface area contributed by atoms with Crippen LogP contribution in [0, 0.1) is 0 Å². The van der Waals surface area contributed by atoms with Crippen LogP contribution in [0.4, 0.5) is 0 Å². The van der Waals surface area contributed by atoms with Gasteiger partial charge in [-0.1, -0.05) is 0 Å². The van der Waals surface area contributed by atoms with E-state index in [1.807, 2.05) is 0 Å². The number of aliphatic hydroxyl groups excluding tert-OH is 26. The number of carbonyl (C=O) groups excluding carboxylic acids is 2. The van der Waals surface area contributed by atoms with Gasteiger partial charge >= 0.3 is 0 Å². The molecule has 47 nitrogen and oxygen atoms in total. The summed E-state index contributed by atoms with van der Waals surface area (Å²) in [7, 11) is 0. The van der Waals surface area contributed by atoms with E-state index in [1.54, 1.807) is 0 Å². The second-order valence-electron chi connectivity index (χ2n) is 26.6. The average Bonchev–Trinajstić information content (AvgIpc) is 0.773. The van der Waals surface area contributed by atoms with Crippen LogP contribution >= 0.6 is 0 Å². The standard InChI is InChI=1S/C58H98N2O45/c1-13(68)59-15-10-89-21(8-66)45(26(15)70)100-51-25(60-14(2)69)34(78)46(22(9-67)97-51)101-56-44(88)48(103-57-50(39(83)31(75)19(6-64)95-57)105-58-49(38(82)30(74)20(7-65)96-58)104-55-42(86)37(81)29(73)18(5-63)94-55)33(77)24(99-56)12-91-53-43(87)47(102-54-41(85)36(80)28(72)17(4-62)93-54)32(76)23(98-53)11-90-52-40(84)35(79)27(71)16(3-61)92-52/h15-58,61-67,70-88H,3-12H2,1-2H3,(H,59,68)(H,60,69)/t15-,16+,17+,18+,19+,20+,21+,22+,23+,24+,25+,26+,27+,28+,29+,30+,31+,32+,33+,34+,35-,36-,37-,38-,39-,40-,41-,42-,43-,44-,45+,46+,47-,48-,49-,50-,51-,52-,53-,54+,55+,56-,57+,58+/m0/s1. The van der Waals surface area contributed by atoms with E-state index >= 15 is 0 Å². The first-order valence-electron chi connectivity index (χ1n) is 33.5. The van der Waals surface area contributed by atoms with Gasteiger partial charge in [-0.15, -0.1) is 0 Å². The highest BCUT2D eigenvalue weighted by Crippen LogP contribution is 2.39. The molecule has 0 radical (unpaired) electrons. The normalized spacial score (nSPS) is 50.8. The van der Waals surface area contributed by atoms with Crippen molar-refractivity contribution < 1.29 is 223 Å². The first-order valence-corrected chi connectivity index (χ1v) is 33.5. The number of hydrogen-bond donors (Lipinski definition) is 28. The maximum absolute atomic E-state index is 12.9. The van der Waals surface area contributed by atoms with Crippen molar-refractivity contribution in [3.63, 3.8) is 0 Å². The second kappa shape index (κ2) is 37.7. The Morgan fingerprint density at radius 3 is 1.00 bits per heavy atom. The number of rotatable bonds is 27. The number of ether oxygens (including phenoxy) is 17. The highest BCUT2D eigenvalue weighted by molar-refractivity contribution is 5.73. The van der Waals surface area contributed by atoms with Crippen molar-refractivity contribution in [1.29, 1.82) is 0 Å². The summed E-state index contributed by atoms with van der Waals surface area (Å²) in [6, 6.07) is -3.03. The van der Waals surface area contributed by atoms with E-state index < -0.39 is 341 Å². The topological polar surface area (TPSA) is 741 Å². The van der Waals surface area contributed by atoms with Crippen LogP contribution in [0.3, 0.4) is 0 Å². The third kappa shape index (κ3) is 18.8. The van der Waals surface area contributed by atoms with Crippen molar-refractivity contribution in [2.75, 3.05) is 66.1 Å². The maximum Gasteiger partial charge on any atom is 0.217 e. The Morgan fingerprint density at radius 2 is 0.571 bits per heavy atom. The number of nitrogens with one attached hydrogen (secondary N) is 2. The third-order valence-electron chi connectivity index (χ3n) is 19.5. The number of hydrogen-bond acceptors (Lipinski definition) is 45. The molecule has 105 heavy (non-hydrogen) atoms. The summed E-state index contributed by atoms with van der Waals surface area (Å²) in [5, 5.41) is 291.